The first-order chi connectivity index (χ1) is 24.2. The number of ether oxygens (including phenoxy) is 1. The van der Waals surface area contributed by atoms with Gasteiger partial charge in [-0.15, -0.1) is 0 Å². The highest BCUT2D eigenvalue weighted by Gasteiger charge is 2.40. The maximum atomic E-state index is 14.5. The lowest BCUT2D eigenvalue weighted by molar-refractivity contribution is 0.0566. The number of alkyl halides is 2. The van der Waals surface area contributed by atoms with E-state index in [2.05, 4.69) is 41.6 Å². The van der Waals surface area contributed by atoms with Gasteiger partial charge >= 0.3 is 12.6 Å². The van der Waals surface area contributed by atoms with Crippen LogP contribution in [0.5, 0.6) is 0 Å². The first kappa shape index (κ1) is 36.0. The van der Waals surface area contributed by atoms with Gasteiger partial charge in [-0.05, 0) is 91.3 Å². The van der Waals surface area contributed by atoms with E-state index in [4.69, 9.17) is 16.3 Å². The number of alkyl carbamates (subject to hydrolysis) is 1. The number of carbonyl (C=O) groups excluding carboxylic acids is 2. The van der Waals surface area contributed by atoms with Gasteiger partial charge in [-0.3, -0.25) is 15.1 Å². The summed E-state index contributed by atoms with van der Waals surface area (Å²) in [6, 6.07) is 10.7. The largest absolute Gasteiger partial charge is 0.447 e. The molecule has 0 saturated heterocycles. The van der Waals surface area contributed by atoms with E-state index in [1.165, 1.54) is 17.3 Å². The average Bonchev–Trinajstić information content (AvgIpc) is 3.94. The van der Waals surface area contributed by atoms with Crippen LogP contribution >= 0.6 is 11.6 Å². The SMILES string of the molecule is CC(C)(C)CCNC(=N)N(C(=O)c1ccc(-c2cnn(C(F)F)c2)cc1)[C@H](COC(=O)NC1(C)CC1)c1ccc(Cl)c(-n2cc(C3CC3)cn2)c1. The lowest BCUT2D eigenvalue weighted by atomic mass is 9.92. The van der Waals surface area contributed by atoms with Crippen molar-refractivity contribution in [3.63, 3.8) is 0 Å². The van der Waals surface area contributed by atoms with E-state index in [0.29, 0.717) is 51.0 Å². The van der Waals surface area contributed by atoms with Crippen molar-refractivity contribution < 1.29 is 23.1 Å². The molecule has 2 aromatic heterocycles. The Balaban J connectivity index is 1.36. The highest BCUT2D eigenvalue weighted by atomic mass is 35.5. The molecular formula is C37H43ClF2N8O3. The average molecular weight is 721 g/mol. The Bertz CT molecular complexity index is 1890. The van der Waals surface area contributed by atoms with Gasteiger partial charge in [0.1, 0.15) is 6.61 Å². The lowest BCUT2D eigenvalue weighted by Gasteiger charge is -2.33. The zero-order valence-electron chi connectivity index (χ0n) is 29.1. The highest BCUT2D eigenvalue weighted by molar-refractivity contribution is 6.32. The van der Waals surface area contributed by atoms with E-state index in [0.717, 1.165) is 31.2 Å². The van der Waals surface area contributed by atoms with Gasteiger partial charge in [0, 0.05) is 35.6 Å². The van der Waals surface area contributed by atoms with Gasteiger partial charge in [0.05, 0.1) is 29.1 Å². The van der Waals surface area contributed by atoms with Crippen LogP contribution in [-0.4, -0.2) is 61.1 Å². The van der Waals surface area contributed by atoms with Crippen molar-refractivity contribution in [3.8, 4) is 16.8 Å². The van der Waals surface area contributed by atoms with Gasteiger partial charge in [0.25, 0.3) is 5.91 Å². The number of halogens is 3. The number of carbonyl (C=O) groups is 2. The molecule has 6 rings (SSSR count). The molecule has 11 nitrogen and oxygen atoms in total. The third kappa shape index (κ3) is 8.94. The number of hydrogen-bond acceptors (Lipinski definition) is 6. The molecular weight excluding hydrogens is 678 g/mol. The first-order valence-electron chi connectivity index (χ1n) is 17.1. The number of rotatable bonds is 12. The Kier molecular flexibility index (Phi) is 10.2. The second-order valence-corrected chi connectivity index (χ2v) is 15.2. The van der Waals surface area contributed by atoms with Crippen LogP contribution in [0, 0.1) is 10.8 Å². The topological polar surface area (TPSA) is 130 Å². The third-order valence-electron chi connectivity index (χ3n) is 9.23. The smallest absolute Gasteiger partial charge is 0.407 e. The molecule has 51 heavy (non-hydrogen) atoms. The number of hydrogen-bond donors (Lipinski definition) is 3. The maximum Gasteiger partial charge on any atom is 0.407 e. The molecule has 14 heteroatoms. The fraction of sp³-hybridized carbons (Fsp3) is 0.432. The molecule has 0 radical (unpaired) electrons. The quantitative estimate of drug-likeness (QED) is 0.100. The number of guanidine groups is 1. The number of nitrogens with one attached hydrogen (secondary N) is 3. The molecule has 2 saturated carbocycles. The second kappa shape index (κ2) is 14.5. The summed E-state index contributed by atoms with van der Waals surface area (Å²) in [6.45, 7) is 5.56. The van der Waals surface area contributed by atoms with E-state index in [1.54, 1.807) is 47.1 Å². The van der Waals surface area contributed by atoms with E-state index >= 15 is 0 Å². The van der Waals surface area contributed by atoms with Crippen LogP contribution in [0.25, 0.3) is 16.8 Å². The van der Waals surface area contributed by atoms with Crippen LogP contribution in [0.4, 0.5) is 13.6 Å². The fourth-order valence-electron chi connectivity index (χ4n) is 5.66. The molecule has 270 valence electrons. The highest BCUT2D eigenvalue weighted by Crippen LogP contribution is 2.40. The second-order valence-electron chi connectivity index (χ2n) is 14.8. The van der Waals surface area contributed by atoms with Crippen molar-refractivity contribution in [2.75, 3.05) is 13.2 Å². The first-order valence-corrected chi connectivity index (χ1v) is 17.5. The summed E-state index contributed by atoms with van der Waals surface area (Å²) in [6.07, 6.45) is 10.3. The summed E-state index contributed by atoms with van der Waals surface area (Å²) >= 11 is 6.70. The van der Waals surface area contributed by atoms with Gasteiger partial charge in [-0.2, -0.15) is 19.0 Å². The van der Waals surface area contributed by atoms with E-state index in [9.17, 15) is 23.8 Å². The minimum absolute atomic E-state index is 0.0379. The third-order valence-corrected chi connectivity index (χ3v) is 9.55. The van der Waals surface area contributed by atoms with Gasteiger partial charge < -0.3 is 15.4 Å². The summed E-state index contributed by atoms with van der Waals surface area (Å²) in [5, 5.41) is 23.9. The van der Waals surface area contributed by atoms with Crippen molar-refractivity contribution >= 4 is 29.6 Å². The molecule has 2 amide bonds. The Morgan fingerprint density at radius 1 is 1.08 bits per heavy atom. The van der Waals surface area contributed by atoms with E-state index < -0.39 is 24.6 Å². The zero-order valence-corrected chi connectivity index (χ0v) is 29.9. The minimum atomic E-state index is -2.78. The molecule has 2 aliphatic carbocycles. The minimum Gasteiger partial charge on any atom is -0.447 e. The Labute approximate surface area is 300 Å². The summed E-state index contributed by atoms with van der Waals surface area (Å²) in [5.74, 6) is -0.234. The molecule has 3 N–H and O–H groups in total. The fourth-order valence-corrected chi connectivity index (χ4v) is 5.86. The molecule has 2 heterocycles. The van der Waals surface area contributed by atoms with Gasteiger partial charge in [-0.25, -0.2) is 14.2 Å². The molecule has 0 aliphatic heterocycles. The monoisotopic (exact) mass is 720 g/mol. The van der Waals surface area contributed by atoms with E-state index in [1.807, 2.05) is 19.3 Å². The molecule has 2 aromatic carbocycles. The lowest BCUT2D eigenvalue weighted by Crippen LogP contribution is -2.49. The van der Waals surface area contributed by atoms with Crippen LogP contribution in [0.15, 0.2) is 67.3 Å². The van der Waals surface area contributed by atoms with Crippen molar-refractivity contribution in [2.24, 2.45) is 5.41 Å². The van der Waals surface area contributed by atoms with Crippen LogP contribution in [0.3, 0.4) is 0 Å². The van der Waals surface area contributed by atoms with Crippen molar-refractivity contribution in [1.82, 2.24) is 35.1 Å². The van der Waals surface area contributed by atoms with Crippen LogP contribution in [-0.2, 0) is 4.74 Å². The van der Waals surface area contributed by atoms with Gasteiger partial charge in [0.15, 0.2) is 5.96 Å². The Morgan fingerprint density at radius 3 is 2.43 bits per heavy atom. The molecule has 4 aromatic rings. The maximum absolute atomic E-state index is 14.5. The van der Waals surface area contributed by atoms with Gasteiger partial charge in [0.2, 0.25) is 0 Å². The summed E-state index contributed by atoms with van der Waals surface area (Å²) in [7, 11) is 0. The number of nitrogens with zero attached hydrogens (tertiary/aromatic N) is 5. The Hall–Kier alpha value is -4.78. The molecule has 1 atom stereocenters. The van der Waals surface area contributed by atoms with Crippen molar-refractivity contribution in [3.05, 3.63) is 89.0 Å². The standard InChI is InChI=1S/C37H43ClF2N8O3/c1-36(2,3)15-16-42-34(41)48(32(49)25-9-7-24(8-10-25)28-19-44-47(21-28)33(39)40)31(22-51-35(50)45-37(4)13-14-37)26-11-12-29(38)30(17-26)46-20-27(18-43-46)23-5-6-23/h7-12,17-21,23,31,33H,5-6,13-16,22H2,1-4H3,(H2,41,42)(H,45,50)/t31-/m1/s1. The van der Waals surface area contributed by atoms with Crippen LogP contribution in [0.2, 0.25) is 5.02 Å². The van der Waals surface area contributed by atoms with E-state index in [-0.39, 0.29) is 29.1 Å². The van der Waals surface area contributed by atoms with Crippen molar-refractivity contribution in [1.29, 1.82) is 5.41 Å². The van der Waals surface area contributed by atoms with Crippen LogP contribution < -0.4 is 10.6 Å². The summed E-state index contributed by atoms with van der Waals surface area (Å²) < 4.78 is 34.3. The van der Waals surface area contributed by atoms with Crippen LogP contribution in [0.1, 0.15) is 99.8 Å². The normalized spacial score (nSPS) is 15.7. The zero-order chi connectivity index (χ0) is 36.5. The summed E-state index contributed by atoms with van der Waals surface area (Å²) in [4.78, 5) is 28.8. The predicted octanol–water partition coefficient (Wildman–Crippen LogP) is 8.08. The molecule has 2 fully saturated rings. The summed E-state index contributed by atoms with van der Waals surface area (Å²) in [5.41, 5.74) is 3.17. The molecule has 0 unspecified atom stereocenters. The molecule has 0 bridgehead atoms. The number of benzene rings is 2. The molecule has 2 aliphatic rings. The van der Waals surface area contributed by atoms with Crippen molar-refractivity contribution in [2.45, 2.75) is 83.8 Å². The molecule has 0 spiro atoms. The number of aromatic nitrogens is 4. The Morgan fingerprint density at radius 2 is 1.80 bits per heavy atom. The number of amides is 2. The predicted molar refractivity (Wildman–Crippen MR) is 190 cm³/mol. The van der Waals surface area contributed by atoms with Gasteiger partial charge in [-0.1, -0.05) is 50.6 Å².